The number of hydrogen-bond donors (Lipinski definition) is 1. The summed E-state index contributed by atoms with van der Waals surface area (Å²) in [4.78, 5) is 32.6. The summed E-state index contributed by atoms with van der Waals surface area (Å²) in [6, 6.07) is 19.3. The molecule has 3 rings (SSSR count). The normalized spacial score (nSPS) is 12.1. The van der Waals surface area contributed by atoms with Gasteiger partial charge in [-0.3, -0.25) is 14.6 Å². The van der Waals surface area contributed by atoms with Crippen molar-refractivity contribution in [3.05, 3.63) is 95.8 Å². The summed E-state index contributed by atoms with van der Waals surface area (Å²) in [5, 5.41) is 2.92. The second kappa shape index (κ2) is 13.0. The van der Waals surface area contributed by atoms with Crippen LogP contribution in [0.25, 0.3) is 0 Å². The van der Waals surface area contributed by atoms with Crippen molar-refractivity contribution < 1.29 is 22.7 Å². The van der Waals surface area contributed by atoms with Crippen LogP contribution < -0.4 is 10.1 Å². The third kappa shape index (κ3) is 8.40. The van der Waals surface area contributed by atoms with Crippen molar-refractivity contribution in [1.82, 2.24) is 19.5 Å². The minimum atomic E-state index is -3.60. The van der Waals surface area contributed by atoms with E-state index in [0.29, 0.717) is 5.75 Å². The van der Waals surface area contributed by atoms with Gasteiger partial charge in [0, 0.05) is 39.0 Å². The Bertz CT molecular complexity index is 1270. The molecule has 1 atom stereocenters. The number of ether oxygens (including phenoxy) is 1. The molecule has 3 aromatic rings. The number of methoxy groups -OCH3 is 1. The fourth-order valence-corrected chi connectivity index (χ4v) is 4.03. The van der Waals surface area contributed by atoms with Crippen LogP contribution in [-0.2, 0) is 39.1 Å². The van der Waals surface area contributed by atoms with Crippen LogP contribution in [0.5, 0.6) is 5.75 Å². The highest BCUT2D eigenvalue weighted by Crippen LogP contribution is 2.18. The number of pyridine rings is 1. The SMILES string of the molecule is COc1ccc(CN(C(=O)CN(C)S(C)(=O)=O)C(Cc2ccccc2)C(=O)NCc2cccnc2)cc1. The molecule has 37 heavy (non-hydrogen) atoms. The summed E-state index contributed by atoms with van der Waals surface area (Å²) < 4.78 is 30.3. The Kier molecular flexibility index (Phi) is 9.76. The zero-order valence-corrected chi connectivity index (χ0v) is 22.0. The molecule has 1 N–H and O–H groups in total. The first-order valence-corrected chi connectivity index (χ1v) is 13.6. The molecule has 2 amide bonds. The lowest BCUT2D eigenvalue weighted by molar-refractivity contribution is -0.141. The molecule has 0 spiro atoms. The van der Waals surface area contributed by atoms with E-state index in [9.17, 15) is 18.0 Å². The van der Waals surface area contributed by atoms with Crippen LogP contribution in [0.1, 0.15) is 16.7 Å². The predicted octanol–water partition coefficient (Wildman–Crippen LogP) is 2.24. The Hall–Kier alpha value is -3.76. The van der Waals surface area contributed by atoms with E-state index in [2.05, 4.69) is 10.3 Å². The fraction of sp³-hybridized carbons (Fsp3) is 0.296. The second-order valence-corrected chi connectivity index (χ2v) is 10.8. The minimum Gasteiger partial charge on any atom is -0.497 e. The Morgan fingerprint density at radius 2 is 1.65 bits per heavy atom. The first-order chi connectivity index (χ1) is 17.7. The van der Waals surface area contributed by atoms with Gasteiger partial charge in [0.05, 0.1) is 19.9 Å². The highest BCUT2D eigenvalue weighted by Gasteiger charge is 2.31. The number of sulfonamides is 1. The molecule has 0 saturated carbocycles. The van der Waals surface area contributed by atoms with Crippen LogP contribution in [0.15, 0.2) is 79.1 Å². The van der Waals surface area contributed by atoms with E-state index in [0.717, 1.165) is 27.3 Å². The van der Waals surface area contributed by atoms with Crippen LogP contribution >= 0.6 is 0 Å². The molecule has 0 fully saturated rings. The molecular formula is C27H32N4O5S. The van der Waals surface area contributed by atoms with E-state index in [1.165, 1.54) is 11.9 Å². The number of hydrogen-bond acceptors (Lipinski definition) is 6. The predicted molar refractivity (Wildman–Crippen MR) is 141 cm³/mol. The van der Waals surface area contributed by atoms with Crippen molar-refractivity contribution >= 4 is 21.8 Å². The van der Waals surface area contributed by atoms with Gasteiger partial charge < -0.3 is 15.0 Å². The molecule has 1 aromatic heterocycles. The second-order valence-electron chi connectivity index (χ2n) is 8.67. The largest absolute Gasteiger partial charge is 0.497 e. The molecule has 0 aliphatic heterocycles. The van der Waals surface area contributed by atoms with Crippen molar-refractivity contribution in [3.63, 3.8) is 0 Å². The van der Waals surface area contributed by atoms with Crippen LogP contribution in [0.4, 0.5) is 0 Å². The standard InChI is InChI=1S/C27H32N4O5S/c1-30(37(3,34)35)20-26(32)31(19-22-11-13-24(36-2)14-12-22)25(16-21-8-5-4-6-9-21)27(33)29-18-23-10-7-15-28-17-23/h4-15,17,25H,16,18-20H2,1-3H3,(H,29,33). The molecule has 10 heteroatoms. The number of benzene rings is 2. The maximum Gasteiger partial charge on any atom is 0.243 e. The molecule has 196 valence electrons. The van der Waals surface area contributed by atoms with Gasteiger partial charge in [0.15, 0.2) is 0 Å². The van der Waals surface area contributed by atoms with Crippen LogP contribution in [0.3, 0.4) is 0 Å². The quantitative estimate of drug-likeness (QED) is 0.389. The number of carbonyl (C=O) groups excluding carboxylic acids is 2. The number of rotatable bonds is 12. The maximum atomic E-state index is 13.6. The number of aromatic nitrogens is 1. The smallest absolute Gasteiger partial charge is 0.243 e. The van der Waals surface area contributed by atoms with Crippen LogP contribution in [0.2, 0.25) is 0 Å². The van der Waals surface area contributed by atoms with E-state index in [-0.39, 0.29) is 25.4 Å². The monoisotopic (exact) mass is 524 g/mol. The van der Waals surface area contributed by atoms with Gasteiger partial charge in [0.1, 0.15) is 11.8 Å². The number of likely N-dealkylation sites (N-methyl/N-ethyl adjacent to an activating group) is 1. The highest BCUT2D eigenvalue weighted by molar-refractivity contribution is 7.88. The van der Waals surface area contributed by atoms with E-state index < -0.39 is 28.5 Å². The Labute approximate surface area is 218 Å². The van der Waals surface area contributed by atoms with Gasteiger partial charge in [0.25, 0.3) is 0 Å². The number of nitrogens with one attached hydrogen (secondary N) is 1. The van der Waals surface area contributed by atoms with Gasteiger partial charge in [-0.1, -0.05) is 48.5 Å². The molecule has 1 heterocycles. The van der Waals surface area contributed by atoms with Crippen LogP contribution in [-0.4, -0.2) is 67.4 Å². The average Bonchev–Trinajstić information content (AvgIpc) is 2.90. The first kappa shape index (κ1) is 27.8. The van der Waals surface area contributed by atoms with Gasteiger partial charge in [-0.05, 0) is 34.9 Å². The van der Waals surface area contributed by atoms with Gasteiger partial charge >= 0.3 is 0 Å². The Balaban J connectivity index is 1.94. The molecule has 9 nitrogen and oxygen atoms in total. The lowest BCUT2D eigenvalue weighted by Crippen LogP contribution is -2.52. The zero-order valence-electron chi connectivity index (χ0n) is 21.2. The lowest BCUT2D eigenvalue weighted by Gasteiger charge is -2.32. The van der Waals surface area contributed by atoms with E-state index in [1.54, 1.807) is 37.7 Å². The summed E-state index contributed by atoms with van der Waals surface area (Å²) in [5.74, 6) is -0.175. The zero-order chi connectivity index (χ0) is 26.8. The number of nitrogens with zero attached hydrogens (tertiary/aromatic N) is 3. The minimum absolute atomic E-state index is 0.109. The molecule has 0 bridgehead atoms. The third-order valence-electron chi connectivity index (χ3n) is 5.90. The van der Waals surface area contributed by atoms with Gasteiger partial charge in [-0.2, -0.15) is 4.31 Å². The molecule has 2 aromatic carbocycles. The summed E-state index contributed by atoms with van der Waals surface area (Å²) >= 11 is 0. The lowest BCUT2D eigenvalue weighted by atomic mass is 10.0. The van der Waals surface area contributed by atoms with E-state index in [4.69, 9.17) is 4.74 Å². The van der Waals surface area contributed by atoms with Crippen molar-refractivity contribution in [2.45, 2.75) is 25.6 Å². The summed E-state index contributed by atoms with van der Waals surface area (Å²) in [5.41, 5.74) is 2.46. The van der Waals surface area contributed by atoms with Gasteiger partial charge in [-0.15, -0.1) is 0 Å². The number of amides is 2. The Morgan fingerprint density at radius 1 is 0.973 bits per heavy atom. The maximum absolute atomic E-state index is 13.6. The van der Waals surface area contributed by atoms with Crippen molar-refractivity contribution in [2.24, 2.45) is 0 Å². The molecule has 1 unspecified atom stereocenters. The van der Waals surface area contributed by atoms with E-state index >= 15 is 0 Å². The van der Waals surface area contributed by atoms with Crippen molar-refractivity contribution in [3.8, 4) is 5.75 Å². The molecule has 0 aliphatic rings. The van der Waals surface area contributed by atoms with Crippen molar-refractivity contribution in [2.75, 3.05) is 27.0 Å². The van der Waals surface area contributed by atoms with Gasteiger partial charge in [0.2, 0.25) is 21.8 Å². The first-order valence-electron chi connectivity index (χ1n) is 11.7. The third-order valence-corrected chi connectivity index (χ3v) is 7.16. The summed E-state index contributed by atoms with van der Waals surface area (Å²) in [6.45, 7) is -0.0415. The molecule has 0 aliphatic carbocycles. The van der Waals surface area contributed by atoms with Gasteiger partial charge in [-0.25, -0.2) is 8.42 Å². The Morgan fingerprint density at radius 3 is 2.24 bits per heavy atom. The molecular weight excluding hydrogens is 492 g/mol. The number of carbonyl (C=O) groups is 2. The summed E-state index contributed by atoms with van der Waals surface area (Å²) in [6.07, 6.45) is 4.60. The fourth-order valence-electron chi connectivity index (χ4n) is 3.69. The highest BCUT2D eigenvalue weighted by atomic mass is 32.2. The molecule has 0 radical (unpaired) electrons. The van der Waals surface area contributed by atoms with Crippen LogP contribution in [0, 0.1) is 0 Å². The summed E-state index contributed by atoms with van der Waals surface area (Å²) in [7, 11) is -0.698. The topological polar surface area (TPSA) is 109 Å². The van der Waals surface area contributed by atoms with Crippen molar-refractivity contribution in [1.29, 1.82) is 0 Å². The molecule has 0 saturated heterocycles. The average molecular weight is 525 g/mol. The van der Waals surface area contributed by atoms with E-state index in [1.807, 2.05) is 48.5 Å².